The van der Waals surface area contributed by atoms with Crippen LogP contribution in [0.15, 0.2) is 23.1 Å². The minimum Gasteiger partial charge on any atom is -0.303 e. The molecule has 0 aromatic carbocycles. The predicted octanol–water partition coefficient (Wildman–Crippen LogP) is 2.85. The SMILES string of the molecule is CCCn1ncc(Br)c1C(NCC)c1ncc(C)cn1. The maximum absolute atomic E-state index is 4.46. The van der Waals surface area contributed by atoms with Gasteiger partial charge in [0.05, 0.1) is 16.4 Å². The highest BCUT2D eigenvalue weighted by Gasteiger charge is 2.23. The van der Waals surface area contributed by atoms with Crippen LogP contribution in [0, 0.1) is 6.92 Å². The van der Waals surface area contributed by atoms with Crippen LogP contribution in [0.3, 0.4) is 0 Å². The molecule has 0 saturated carbocycles. The zero-order valence-electron chi connectivity index (χ0n) is 12.1. The Morgan fingerprint density at radius 2 is 1.95 bits per heavy atom. The Kier molecular flexibility index (Phi) is 5.25. The molecule has 0 spiro atoms. The lowest BCUT2D eigenvalue weighted by atomic mass is 10.1. The number of nitrogens with one attached hydrogen (secondary N) is 1. The van der Waals surface area contributed by atoms with Gasteiger partial charge in [-0.25, -0.2) is 9.97 Å². The van der Waals surface area contributed by atoms with E-state index in [9.17, 15) is 0 Å². The normalized spacial score (nSPS) is 12.6. The predicted molar refractivity (Wildman–Crippen MR) is 82.5 cm³/mol. The van der Waals surface area contributed by atoms with Crippen LogP contribution in [0.1, 0.15) is 43.4 Å². The van der Waals surface area contributed by atoms with Gasteiger partial charge < -0.3 is 5.32 Å². The average Bonchev–Trinajstić information content (AvgIpc) is 2.79. The van der Waals surface area contributed by atoms with Crippen molar-refractivity contribution in [3.05, 3.63) is 40.1 Å². The molecule has 1 unspecified atom stereocenters. The molecule has 1 N–H and O–H groups in total. The minimum absolute atomic E-state index is 0.0518. The van der Waals surface area contributed by atoms with Gasteiger partial charge in [0.15, 0.2) is 5.82 Å². The Morgan fingerprint density at radius 3 is 2.55 bits per heavy atom. The molecule has 0 aliphatic heterocycles. The maximum atomic E-state index is 4.46. The molecule has 0 saturated heterocycles. The van der Waals surface area contributed by atoms with Gasteiger partial charge in [-0.05, 0) is 41.4 Å². The summed E-state index contributed by atoms with van der Waals surface area (Å²) in [7, 11) is 0. The molecule has 108 valence electrons. The molecule has 1 atom stereocenters. The number of aromatic nitrogens is 4. The van der Waals surface area contributed by atoms with Crippen molar-refractivity contribution in [1.82, 2.24) is 25.1 Å². The summed E-state index contributed by atoms with van der Waals surface area (Å²) in [4.78, 5) is 8.92. The van der Waals surface area contributed by atoms with E-state index in [1.54, 1.807) is 0 Å². The Bertz CT molecular complexity index is 549. The quantitative estimate of drug-likeness (QED) is 0.880. The first-order valence-corrected chi connectivity index (χ1v) is 7.69. The molecule has 2 aromatic heterocycles. The van der Waals surface area contributed by atoms with Crippen LogP contribution in [0.5, 0.6) is 0 Å². The van der Waals surface area contributed by atoms with E-state index in [-0.39, 0.29) is 6.04 Å². The van der Waals surface area contributed by atoms with Crippen LogP contribution in [0.25, 0.3) is 0 Å². The highest BCUT2D eigenvalue weighted by atomic mass is 79.9. The van der Waals surface area contributed by atoms with Crippen molar-refractivity contribution < 1.29 is 0 Å². The van der Waals surface area contributed by atoms with Gasteiger partial charge in [0.1, 0.15) is 6.04 Å². The fourth-order valence-electron chi connectivity index (χ4n) is 2.11. The first-order valence-electron chi connectivity index (χ1n) is 6.90. The second-order valence-electron chi connectivity index (χ2n) is 4.71. The molecule has 2 aromatic rings. The van der Waals surface area contributed by atoms with Crippen molar-refractivity contribution in [2.75, 3.05) is 6.54 Å². The second-order valence-corrected chi connectivity index (χ2v) is 5.56. The lowest BCUT2D eigenvalue weighted by molar-refractivity contribution is 0.505. The Labute approximate surface area is 128 Å². The van der Waals surface area contributed by atoms with Gasteiger partial charge in [-0.3, -0.25) is 4.68 Å². The van der Waals surface area contributed by atoms with Crippen LogP contribution in [-0.2, 0) is 6.54 Å². The van der Waals surface area contributed by atoms with Crippen molar-refractivity contribution in [3.8, 4) is 0 Å². The third kappa shape index (κ3) is 3.24. The molecule has 6 heteroatoms. The summed E-state index contributed by atoms with van der Waals surface area (Å²) in [6.45, 7) is 7.93. The Hall–Kier alpha value is -1.27. The van der Waals surface area contributed by atoms with Gasteiger partial charge in [0, 0.05) is 18.9 Å². The fraction of sp³-hybridized carbons (Fsp3) is 0.500. The lowest BCUT2D eigenvalue weighted by Gasteiger charge is -2.19. The van der Waals surface area contributed by atoms with E-state index in [1.807, 2.05) is 30.2 Å². The van der Waals surface area contributed by atoms with Gasteiger partial charge >= 0.3 is 0 Å². The van der Waals surface area contributed by atoms with Crippen LogP contribution in [0.2, 0.25) is 0 Å². The number of nitrogens with zero attached hydrogens (tertiary/aromatic N) is 4. The average molecular weight is 338 g/mol. The standard InChI is InChI=1S/C14H20BrN5/c1-4-6-20-13(11(15)9-19-20)12(16-5-2)14-17-7-10(3)8-18-14/h7-9,12,16H,4-6H2,1-3H3. The zero-order valence-corrected chi connectivity index (χ0v) is 13.7. The molecule has 0 aliphatic carbocycles. The summed E-state index contributed by atoms with van der Waals surface area (Å²) in [6, 6.07) is -0.0518. The molecule has 0 radical (unpaired) electrons. The Balaban J connectivity index is 2.42. The van der Waals surface area contributed by atoms with Gasteiger partial charge in [-0.1, -0.05) is 13.8 Å². The first-order chi connectivity index (χ1) is 9.67. The minimum atomic E-state index is -0.0518. The third-order valence-electron chi connectivity index (χ3n) is 3.01. The number of aryl methyl sites for hydroxylation is 2. The van der Waals surface area contributed by atoms with Gasteiger partial charge in [-0.15, -0.1) is 0 Å². The molecular formula is C14H20BrN5. The van der Waals surface area contributed by atoms with Crippen LogP contribution < -0.4 is 5.32 Å². The monoisotopic (exact) mass is 337 g/mol. The summed E-state index contributed by atoms with van der Waals surface area (Å²) in [5.74, 6) is 0.774. The highest BCUT2D eigenvalue weighted by molar-refractivity contribution is 9.10. The van der Waals surface area contributed by atoms with Crippen molar-refractivity contribution in [2.45, 2.75) is 39.8 Å². The third-order valence-corrected chi connectivity index (χ3v) is 3.62. The molecule has 0 amide bonds. The lowest BCUT2D eigenvalue weighted by Crippen LogP contribution is -2.27. The molecule has 5 nitrogen and oxygen atoms in total. The maximum Gasteiger partial charge on any atom is 0.151 e. The molecule has 0 aliphatic rings. The zero-order chi connectivity index (χ0) is 14.5. The van der Waals surface area contributed by atoms with E-state index < -0.39 is 0 Å². The summed E-state index contributed by atoms with van der Waals surface area (Å²) >= 11 is 3.59. The van der Waals surface area contributed by atoms with Crippen LogP contribution in [-0.4, -0.2) is 26.3 Å². The Morgan fingerprint density at radius 1 is 1.25 bits per heavy atom. The van der Waals surface area contributed by atoms with E-state index in [4.69, 9.17) is 0 Å². The first kappa shape index (κ1) is 15.1. The van der Waals surface area contributed by atoms with E-state index in [1.165, 1.54) is 0 Å². The summed E-state index contributed by atoms with van der Waals surface area (Å²) < 4.78 is 3.00. The topological polar surface area (TPSA) is 55.6 Å². The van der Waals surface area contributed by atoms with Crippen molar-refractivity contribution >= 4 is 15.9 Å². The van der Waals surface area contributed by atoms with Crippen LogP contribution >= 0.6 is 15.9 Å². The highest BCUT2D eigenvalue weighted by Crippen LogP contribution is 2.27. The number of rotatable bonds is 6. The molecule has 2 heterocycles. The largest absolute Gasteiger partial charge is 0.303 e. The van der Waals surface area contributed by atoms with Gasteiger partial charge in [-0.2, -0.15) is 5.10 Å². The summed E-state index contributed by atoms with van der Waals surface area (Å²) in [5.41, 5.74) is 2.14. The van der Waals surface area contributed by atoms with E-state index >= 15 is 0 Å². The number of hydrogen-bond acceptors (Lipinski definition) is 4. The van der Waals surface area contributed by atoms with Gasteiger partial charge in [0.2, 0.25) is 0 Å². The second kappa shape index (κ2) is 6.95. The number of hydrogen-bond donors (Lipinski definition) is 1. The van der Waals surface area contributed by atoms with Crippen molar-refractivity contribution in [1.29, 1.82) is 0 Å². The van der Waals surface area contributed by atoms with Gasteiger partial charge in [0.25, 0.3) is 0 Å². The van der Waals surface area contributed by atoms with Crippen LogP contribution in [0.4, 0.5) is 0 Å². The smallest absolute Gasteiger partial charge is 0.151 e. The van der Waals surface area contributed by atoms with Crippen molar-refractivity contribution in [3.63, 3.8) is 0 Å². The molecule has 2 rings (SSSR count). The van der Waals surface area contributed by atoms with E-state index in [0.29, 0.717) is 0 Å². The van der Waals surface area contributed by atoms with E-state index in [0.717, 1.165) is 41.1 Å². The summed E-state index contributed by atoms with van der Waals surface area (Å²) in [5, 5.41) is 7.87. The molecule has 20 heavy (non-hydrogen) atoms. The molecule has 0 bridgehead atoms. The molecule has 0 fully saturated rings. The number of halogens is 1. The summed E-state index contributed by atoms with van der Waals surface area (Å²) in [6.07, 6.45) is 6.57. The van der Waals surface area contributed by atoms with Crippen molar-refractivity contribution in [2.24, 2.45) is 0 Å². The van der Waals surface area contributed by atoms with E-state index in [2.05, 4.69) is 50.2 Å². The fourth-order valence-corrected chi connectivity index (χ4v) is 2.64. The molecular weight excluding hydrogens is 318 g/mol.